The van der Waals surface area contributed by atoms with E-state index in [4.69, 9.17) is 4.52 Å². The van der Waals surface area contributed by atoms with Crippen LogP contribution >= 0.6 is 0 Å². The van der Waals surface area contributed by atoms with Crippen molar-refractivity contribution in [3.8, 4) is 0 Å². The predicted molar refractivity (Wildman–Crippen MR) is 62.1 cm³/mol. The summed E-state index contributed by atoms with van der Waals surface area (Å²) < 4.78 is 4.95. The fraction of sp³-hybridized carbons (Fsp3) is 0.333. The molecule has 0 fully saturated rings. The van der Waals surface area contributed by atoms with Crippen LogP contribution in [0.1, 0.15) is 23.4 Å². The number of aromatic nitrogens is 2. The second-order valence-electron chi connectivity index (χ2n) is 3.79. The van der Waals surface area contributed by atoms with E-state index in [-0.39, 0.29) is 0 Å². The topological polar surface area (TPSA) is 71.2 Å². The number of hydrogen-bond acceptors (Lipinski definition) is 5. The Balaban J connectivity index is 1.79. The lowest BCUT2D eigenvalue weighted by Gasteiger charge is -2.10. The molecule has 0 saturated carbocycles. The van der Waals surface area contributed by atoms with E-state index in [1.807, 2.05) is 30.3 Å². The molecule has 5 nitrogen and oxygen atoms in total. The van der Waals surface area contributed by atoms with E-state index in [1.54, 1.807) is 6.92 Å². The maximum Gasteiger partial charge on any atom is 0.240 e. The quantitative estimate of drug-likeness (QED) is 0.812. The number of aliphatic hydroxyl groups excluding tert-OH is 1. The molecule has 0 aliphatic carbocycles. The molecule has 1 atom stereocenters. The Labute approximate surface area is 99.5 Å². The number of benzene rings is 1. The monoisotopic (exact) mass is 233 g/mol. The van der Waals surface area contributed by atoms with Gasteiger partial charge in [-0.25, -0.2) is 0 Å². The molecule has 5 heteroatoms. The zero-order chi connectivity index (χ0) is 12.1. The van der Waals surface area contributed by atoms with Crippen LogP contribution in [0.4, 0.5) is 0 Å². The van der Waals surface area contributed by atoms with Crippen LogP contribution in [0.3, 0.4) is 0 Å². The smallest absolute Gasteiger partial charge is 0.240 e. The van der Waals surface area contributed by atoms with Crippen molar-refractivity contribution in [3.63, 3.8) is 0 Å². The number of aliphatic hydroxyl groups is 1. The summed E-state index contributed by atoms with van der Waals surface area (Å²) in [5, 5.41) is 16.6. The van der Waals surface area contributed by atoms with E-state index >= 15 is 0 Å². The van der Waals surface area contributed by atoms with Crippen molar-refractivity contribution in [2.75, 3.05) is 6.54 Å². The van der Waals surface area contributed by atoms with E-state index in [2.05, 4.69) is 15.5 Å². The van der Waals surface area contributed by atoms with Crippen molar-refractivity contribution in [2.24, 2.45) is 0 Å². The predicted octanol–water partition coefficient (Wildman–Crippen LogP) is 1.20. The van der Waals surface area contributed by atoms with Crippen molar-refractivity contribution in [1.82, 2.24) is 15.5 Å². The van der Waals surface area contributed by atoms with Gasteiger partial charge in [0.2, 0.25) is 5.89 Å². The molecular weight excluding hydrogens is 218 g/mol. The van der Waals surface area contributed by atoms with Crippen LogP contribution in [0.2, 0.25) is 0 Å². The lowest BCUT2D eigenvalue weighted by Crippen LogP contribution is -2.21. The molecule has 0 aliphatic heterocycles. The molecular formula is C12H15N3O2. The summed E-state index contributed by atoms with van der Waals surface area (Å²) in [5.74, 6) is 1.15. The minimum absolute atomic E-state index is 0.450. The third-order valence-corrected chi connectivity index (χ3v) is 2.37. The molecule has 0 saturated heterocycles. The van der Waals surface area contributed by atoms with Crippen LogP contribution in [-0.2, 0) is 6.54 Å². The highest BCUT2D eigenvalue weighted by Gasteiger charge is 2.07. The second kappa shape index (κ2) is 5.56. The first-order valence-corrected chi connectivity index (χ1v) is 5.48. The van der Waals surface area contributed by atoms with Gasteiger partial charge in [-0.3, -0.25) is 0 Å². The highest BCUT2D eigenvalue weighted by atomic mass is 16.5. The SMILES string of the molecule is Cc1noc(CNCC(O)c2ccccc2)n1. The Hall–Kier alpha value is -1.72. The number of hydrogen-bond donors (Lipinski definition) is 2. The van der Waals surface area contributed by atoms with Gasteiger partial charge < -0.3 is 14.9 Å². The molecule has 2 N–H and O–H groups in total. The summed E-state index contributed by atoms with van der Waals surface area (Å²) in [7, 11) is 0. The van der Waals surface area contributed by atoms with Crippen LogP contribution in [0.5, 0.6) is 0 Å². The van der Waals surface area contributed by atoms with Crippen LogP contribution in [0, 0.1) is 6.92 Å². The van der Waals surface area contributed by atoms with Crippen molar-refractivity contribution in [3.05, 3.63) is 47.6 Å². The normalized spacial score (nSPS) is 12.6. The summed E-state index contributed by atoms with van der Waals surface area (Å²) in [6, 6.07) is 9.51. The molecule has 1 aromatic carbocycles. The van der Waals surface area contributed by atoms with Gasteiger partial charge in [0, 0.05) is 6.54 Å². The summed E-state index contributed by atoms with van der Waals surface area (Å²) >= 11 is 0. The van der Waals surface area contributed by atoms with Crippen LogP contribution in [0.25, 0.3) is 0 Å². The van der Waals surface area contributed by atoms with Crippen LogP contribution in [-0.4, -0.2) is 21.8 Å². The summed E-state index contributed by atoms with van der Waals surface area (Å²) in [6.45, 7) is 2.68. The largest absolute Gasteiger partial charge is 0.387 e. The Bertz CT molecular complexity index is 456. The van der Waals surface area contributed by atoms with Gasteiger partial charge in [-0.1, -0.05) is 35.5 Å². The van der Waals surface area contributed by atoms with Crippen molar-refractivity contribution in [2.45, 2.75) is 19.6 Å². The van der Waals surface area contributed by atoms with Crippen molar-refractivity contribution in [1.29, 1.82) is 0 Å². The molecule has 17 heavy (non-hydrogen) atoms. The Morgan fingerprint density at radius 3 is 2.76 bits per heavy atom. The first-order valence-electron chi connectivity index (χ1n) is 5.48. The molecule has 1 aromatic heterocycles. The summed E-state index contributed by atoms with van der Waals surface area (Å²) in [5.41, 5.74) is 0.890. The van der Waals surface area contributed by atoms with E-state index < -0.39 is 6.10 Å². The third-order valence-electron chi connectivity index (χ3n) is 2.37. The molecule has 2 rings (SSSR count). The molecule has 1 unspecified atom stereocenters. The van der Waals surface area contributed by atoms with Crippen molar-refractivity contribution >= 4 is 0 Å². The fourth-order valence-electron chi connectivity index (χ4n) is 1.52. The highest BCUT2D eigenvalue weighted by Crippen LogP contribution is 2.10. The number of nitrogens with one attached hydrogen (secondary N) is 1. The Morgan fingerprint density at radius 1 is 1.35 bits per heavy atom. The first kappa shape index (κ1) is 11.8. The maximum atomic E-state index is 9.87. The standard InChI is InChI=1S/C12H15N3O2/c1-9-14-12(17-15-9)8-13-7-11(16)10-5-3-2-4-6-10/h2-6,11,13,16H,7-8H2,1H3. The minimum atomic E-state index is -0.528. The third kappa shape index (κ3) is 3.37. The average Bonchev–Trinajstić information content (AvgIpc) is 2.76. The Kier molecular flexibility index (Phi) is 3.85. The lowest BCUT2D eigenvalue weighted by atomic mass is 10.1. The molecule has 0 aliphatic rings. The van der Waals surface area contributed by atoms with Crippen molar-refractivity contribution < 1.29 is 9.63 Å². The molecule has 0 bridgehead atoms. The van der Waals surface area contributed by atoms with Gasteiger partial charge >= 0.3 is 0 Å². The molecule has 0 radical (unpaired) electrons. The van der Waals surface area contributed by atoms with E-state index in [9.17, 15) is 5.11 Å². The van der Waals surface area contributed by atoms with Crippen LogP contribution in [0.15, 0.2) is 34.9 Å². The lowest BCUT2D eigenvalue weighted by molar-refractivity contribution is 0.172. The fourth-order valence-corrected chi connectivity index (χ4v) is 1.52. The molecule has 0 amide bonds. The summed E-state index contributed by atoms with van der Waals surface area (Å²) in [4.78, 5) is 4.06. The van der Waals surface area contributed by atoms with Gasteiger partial charge in [-0.15, -0.1) is 0 Å². The summed E-state index contributed by atoms with van der Waals surface area (Å²) in [6.07, 6.45) is -0.528. The van der Waals surface area contributed by atoms with Crippen LogP contribution < -0.4 is 5.32 Å². The number of aryl methyl sites for hydroxylation is 1. The second-order valence-corrected chi connectivity index (χ2v) is 3.79. The average molecular weight is 233 g/mol. The van der Waals surface area contributed by atoms with Gasteiger partial charge in [-0.05, 0) is 12.5 Å². The minimum Gasteiger partial charge on any atom is -0.387 e. The molecule has 1 heterocycles. The van der Waals surface area contributed by atoms with E-state index in [1.165, 1.54) is 0 Å². The van der Waals surface area contributed by atoms with Gasteiger partial charge in [0.25, 0.3) is 0 Å². The molecule has 90 valence electrons. The van der Waals surface area contributed by atoms with E-state index in [0.717, 1.165) is 5.56 Å². The van der Waals surface area contributed by atoms with E-state index in [0.29, 0.717) is 24.8 Å². The van der Waals surface area contributed by atoms with Gasteiger partial charge in [0.05, 0.1) is 12.6 Å². The first-order chi connectivity index (χ1) is 8.25. The maximum absolute atomic E-state index is 9.87. The molecule has 0 spiro atoms. The molecule has 2 aromatic rings. The van der Waals surface area contributed by atoms with Gasteiger partial charge in [0.15, 0.2) is 5.82 Å². The number of nitrogens with zero attached hydrogens (tertiary/aromatic N) is 2. The zero-order valence-corrected chi connectivity index (χ0v) is 9.63. The zero-order valence-electron chi connectivity index (χ0n) is 9.63. The van der Waals surface area contributed by atoms with Gasteiger partial charge in [0.1, 0.15) is 0 Å². The highest BCUT2D eigenvalue weighted by molar-refractivity contribution is 5.17. The Morgan fingerprint density at radius 2 is 2.12 bits per heavy atom. The van der Waals surface area contributed by atoms with Gasteiger partial charge in [-0.2, -0.15) is 4.98 Å². The number of rotatable bonds is 5.